The van der Waals surface area contributed by atoms with Crippen LogP contribution in [0, 0.1) is 5.92 Å². The van der Waals surface area contributed by atoms with Gasteiger partial charge in [0.2, 0.25) is 5.91 Å². The largest absolute Gasteiger partial charge is 0.459 e. The van der Waals surface area contributed by atoms with Gasteiger partial charge in [0.15, 0.2) is 5.76 Å². The molecule has 1 aromatic rings. The summed E-state index contributed by atoms with van der Waals surface area (Å²) in [7, 11) is 0. The zero-order chi connectivity index (χ0) is 16.8. The zero-order valence-corrected chi connectivity index (χ0v) is 14.1. The van der Waals surface area contributed by atoms with Crippen molar-refractivity contribution >= 4 is 11.8 Å². The highest BCUT2D eigenvalue weighted by atomic mass is 16.3. The predicted octanol–water partition coefficient (Wildman–Crippen LogP) is 3.14. The number of amides is 2. The van der Waals surface area contributed by atoms with E-state index in [1.165, 1.54) is 37.5 Å². The zero-order valence-electron chi connectivity index (χ0n) is 14.1. The molecule has 3 rings (SSSR count). The van der Waals surface area contributed by atoms with Crippen LogP contribution >= 0.6 is 0 Å². The Balaban J connectivity index is 1.46. The van der Waals surface area contributed by atoms with Crippen molar-refractivity contribution < 1.29 is 14.0 Å². The Morgan fingerprint density at radius 3 is 2.96 bits per heavy atom. The normalized spacial score (nSPS) is 21.2. The summed E-state index contributed by atoms with van der Waals surface area (Å²) in [5.41, 5.74) is 1.47. The standard InChI is InChI=1S/C19H26N2O3/c22-18(20-11-10-15-6-2-1-3-7-15)16-8-4-12-21(14-16)19(23)17-9-5-13-24-17/h5-6,9,13,16H,1-4,7-8,10-12,14H2,(H,20,22)/t16-/m1/s1. The van der Waals surface area contributed by atoms with E-state index >= 15 is 0 Å². The van der Waals surface area contributed by atoms with Crippen molar-refractivity contribution in [3.63, 3.8) is 0 Å². The van der Waals surface area contributed by atoms with Crippen LogP contribution in [-0.2, 0) is 4.79 Å². The molecule has 2 aliphatic rings. The average molecular weight is 330 g/mol. The van der Waals surface area contributed by atoms with Gasteiger partial charge in [0, 0.05) is 19.6 Å². The third kappa shape index (κ3) is 4.28. The summed E-state index contributed by atoms with van der Waals surface area (Å²) in [5, 5.41) is 3.05. The Hall–Kier alpha value is -2.04. The Labute approximate surface area is 143 Å². The summed E-state index contributed by atoms with van der Waals surface area (Å²) in [5.74, 6) is 0.187. The molecule has 2 amide bonds. The molecule has 1 aliphatic carbocycles. The average Bonchev–Trinajstić information content (AvgIpc) is 3.16. The Morgan fingerprint density at radius 2 is 2.21 bits per heavy atom. The molecule has 24 heavy (non-hydrogen) atoms. The maximum atomic E-state index is 12.4. The fourth-order valence-corrected chi connectivity index (χ4v) is 3.55. The predicted molar refractivity (Wildman–Crippen MR) is 91.5 cm³/mol. The second-order valence-corrected chi connectivity index (χ2v) is 6.72. The Bertz CT molecular complexity index is 592. The van der Waals surface area contributed by atoms with E-state index in [1.54, 1.807) is 17.0 Å². The second-order valence-electron chi connectivity index (χ2n) is 6.72. The molecule has 0 bridgehead atoms. The highest BCUT2D eigenvalue weighted by molar-refractivity contribution is 5.92. The van der Waals surface area contributed by atoms with Gasteiger partial charge in [-0.25, -0.2) is 0 Å². The fraction of sp³-hybridized carbons (Fsp3) is 0.579. The quantitative estimate of drug-likeness (QED) is 0.844. The van der Waals surface area contributed by atoms with Crippen LogP contribution in [0.3, 0.4) is 0 Å². The van der Waals surface area contributed by atoms with Crippen molar-refractivity contribution in [1.82, 2.24) is 10.2 Å². The molecule has 1 aliphatic heterocycles. The lowest BCUT2D eigenvalue weighted by atomic mass is 9.96. The van der Waals surface area contributed by atoms with Crippen LogP contribution < -0.4 is 5.32 Å². The highest BCUT2D eigenvalue weighted by Gasteiger charge is 2.29. The van der Waals surface area contributed by atoms with Crippen LogP contribution in [0.4, 0.5) is 0 Å². The molecule has 0 aromatic carbocycles. The molecule has 1 saturated heterocycles. The first-order chi connectivity index (χ1) is 11.7. The smallest absolute Gasteiger partial charge is 0.289 e. The first-order valence-corrected chi connectivity index (χ1v) is 9.02. The maximum Gasteiger partial charge on any atom is 0.289 e. The van der Waals surface area contributed by atoms with E-state index in [0.29, 0.717) is 25.4 Å². The summed E-state index contributed by atoms with van der Waals surface area (Å²) >= 11 is 0. The van der Waals surface area contributed by atoms with Gasteiger partial charge < -0.3 is 14.6 Å². The monoisotopic (exact) mass is 330 g/mol. The molecule has 1 atom stereocenters. The molecule has 1 aromatic heterocycles. The number of allylic oxidation sites excluding steroid dienone is 1. The summed E-state index contributed by atoms with van der Waals surface area (Å²) in [6.07, 6.45) is 11.4. The lowest BCUT2D eigenvalue weighted by Gasteiger charge is -2.31. The molecule has 5 heteroatoms. The number of piperidine rings is 1. The minimum Gasteiger partial charge on any atom is -0.459 e. The Kier molecular flexibility index (Phi) is 5.72. The summed E-state index contributed by atoms with van der Waals surface area (Å²) in [4.78, 5) is 26.5. The topological polar surface area (TPSA) is 62.6 Å². The second kappa shape index (κ2) is 8.18. The number of hydrogen-bond donors (Lipinski definition) is 1. The lowest BCUT2D eigenvalue weighted by Crippen LogP contribution is -2.45. The molecular formula is C19H26N2O3. The molecule has 2 heterocycles. The van der Waals surface area contributed by atoms with Gasteiger partial charge in [-0.3, -0.25) is 9.59 Å². The summed E-state index contributed by atoms with van der Waals surface area (Å²) < 4.78 is 5.18. The van der Waals surface area contributed by atoms with E-state index < -0.39 is 0 Å². The van der Waals surface area contributed by atoms with Crippen molar-refractivity contribution in [3.8, 4) is 0 Å². The van der Waals surface area contributed by atoms with Crippen molar-refractivity contribution in [2.75, 3.05) is 19.6 Å². The van der Waals surface area contributed by atoms with E-state index in [-0.39, 0.29) is 17.7 Å². The van der Waals surface area contributed by atoms with Crippen molar-refractivity contribution in [1.29, 1.82) is 0 Å². The van der Waals surface area contributed by atoms with Crippen molar-refractivity contribution in [2.24, 2.45) is 5.92 Å². The number of carbonyl (C=O) groups is 2. The molecule has 1 N–H and O–H groups in total. The van der Waals surface area contributed by atoms with Crippen LogP contribution in [0.25, 0.3) is 0 Å². The van der Waals surface area contributed by atoms with Crippen LogP contribution in [0.15, 0.2) is 34.5 Å². The minimum absolute atomic E-state index is 0.0726. The third-order valence-electron chi connectivity index (χ3n) is 4.94. The maximum absolute atomic E-state index is 12.4. The number of rotatable bonds is 5. The molecule has 0 radical (unpaired) electrons. The van der Waals surface area contributed by atoms with E-state index in [2.05, 4.69) is 11.4 Å². The molecular weight excluding hydrogens is 304 g/mol. The van der Waals surface area contributed by atoms with Gasteiger partial charge in [-0.2, -0.15) is 0 Å². The number of nitrogens with one attached hydrogen (secondary N) is 1. The minimum atomic E-state index is -0.120. The van der Waals surface area contributed by atoms with E-state index in [4.69, 9.17) is 4.42 Å². The molecule has 1 fully saturated rings. The van der Waals surface area contributed by atoms with Gasteiger partial charge in [-0.05, 0) is 57.1 Å². The van der Waals surface area contributed by atoms with Crippen LogP contribution in [0.2, 0.25) is 0 Å². The molecule has 5 nitrogen and oxygen atoms in total. The van der Waals surface area contributed by atoms with E-state index in [9.17, 15) is 9.59 Å². The van der Waals surface area contributed by atoms with Gasteiger partial charge in [0.1, 0.15) is 0 Å². The van der Waals surface area contributed by atoms with Crippen molar-refractivity contribution in [3.05, 3.63) is 35.8 Å². The van der Waals surface area contributed by atoms with Crippen LogP contribution in [0.1, 0.15) is 55.5 Å². The highest BCUT2D eigenvalue weighted by Crippen LogP contribution is 2.21. The van der Waals surface area contributed by atoms with Gasteiger partial charge in [-0.15, -0.1) is 0 Å². The lowest BCUT2D eigenvalue weighted by molar-refractivity contribution is -0.126. The number of furan rings is 1. The van der Waals surface area contributed by atoms with Crippen LogP contribution in [0.5, 0.6) is 0 Å². The first kappa shape index (κ1) is 16.8. The van der Waals surface area contributed by atoms with Gasteiger partial charge in [0.25, 0.3) is 5.91 Å². The first-order valence-electron chi connectivity index (χ1n) is 9.02. The number of hydrogen-bond acceptors (Lipinski definition) is 3. The molecule has 0 unspecified atom stereocenters. The molecule has 130 valence electrons. The van der Waals surface area contributed by atoms with Gasteiger partial charge in [0.05, 0.1) is 12.2 Å². The van der Waals surface area contributed by atoms with Crippen molar-refractivity contribution in [2.45, 2.75) is 44.9 Å². The number of nitrogens with zero attached hydrogens (tertiary/aromatic N) is 1. The number of likely N-dealkylation sites (tertiary alicyclic amines) is 1. The SMILES string of the molecule is O=C(NCCC1=CCCCC1)[C@@H]1CCCN(C(=O)c2ccco2)C1. The Morgan fingerprint density at radius 1 is 1.29 bits per heavy atom. The summed E-state index contributed by atoms with van der Waals surface area (Å²) in [6, 6.07) is 3.38. The van der Waals surface area contributed by atoms with E-state index in [1.807, 2.05) is 0 Å². The fourth-order valence-electron chi connectivity index (χ4n) is 3.55. The van der Waals surface area contributed by atoms with Gasteiger partial charge >= 0.3 is 0 Å². The molecule has 0 saturated carbocycles. The summed E-state index contributed by atoms with van der Waals surface area (Å²) in [6.45, 7) is 1.87. The number of carbonyl (C=O) groups excluding carboxylic acids is 2. The van der Waals surface area contributed by atoms with Crippen LogP contribution in [-0.4, -0.2) is 36.3 Å². The van der Waals surface area contributed by atoms with Gasteiger partial charge in [-0.1, -0.05) is 11.6 Å². The van der Waals surface area contributed by atoms with E-state index in [0.717, 1.165) is 19.3 Å². The molecule has 0 spiro atoms. The third-order valence-corrected chi connectivity index (χ3v) is 4.94.